The molecule has 1 aromatic carbocycles. The van der Waals surface area contributed by atoms with Crippen LogP contribution < -0.4 is 10.5 Å². The van der Waals surface area contributed by atoms with E-state index >= 15 is 0 Å². The molecular formula is C8H4BrF6NO. The van der Waals surface area contributed by atoms with Crippen molar-refractivity contribution in [1.29, 1.82) is 0 Å². The fraction of sp³-hybridized carbons (Fsp3) is 0.250. The molecule has 0 heterocycles. The van der Waals surface area contributed by atoms with E-state index in [1.807, 2.05) is 0 Å². The first-order valence-corrected chi connectivity index (χ1v) is 4.72. The molecule has 0 fully saturated rings. The molecule has 17 heavy (non-hydrogen) atoms. The molecular weight excluding hydrogens is 320 g/mol. The smallest absolute Gasteiger partial charge is 0.404 e. The highest BCUT2D eigenvalue weighted by Gasteiger charge is 2.36. The second kappa shape index (κ2) is 4.28. The van der Waals surface area contributed by atoms with Crippen molar-refractivity contribution in [2.75, 3.05) is 5.73 Å². The molecule has 1 rings (SSSR count). The molecule has 0 bridgehead atoms. The summed E-state index contributed by atoms with van der Waals surface area (Å²) in [5.74, 6) is -0.891. The highest BCUT2D eigenvalue weighted by atomic mass is 79.9. The fourth-order valence-electron chi connectivity index (χ4n) is 1.01. The minimum absolute atomic E-state index is 0.446. The van der Waals surface area contributed by atoms with Gasteiger partial charge in [-0.1, -0.05) is 0 Å². The topological polar surface area (TPSA) is 35.2 Å². The van der Waals surface area contributed by atoms with E-state index in [4.69, 9.17) is 5.73 Å². The molecule has 0 radical (unpaired) electrons. The van der Waals surface area contributed by atoms with Crippen LogP contribution >= 0.6 is 15.9 Å². The van der Waals surface area contributed by atoms with Crippen molar-refractivity contribution in [3.05, 3.63) is 22.2 Å². The van der Waals surface area contributed by atoms with Gasteiger partial charge >= 0.3 is 12.5 Å². The highest BCUT2D eigenvalue weighted by molar-refractivity contribution is 9.10. The first-order chi connectivity index (χ1) is 7.52. The van der Waals surface area contributed by atoms with Crippen LogP contribution in [0.25, 0.3) is 0 Å². The molecule has 0 aliphatic heterocycles. The van der Waals surface area contributed by atoms with Crippen LogP contribution in [-0.4, -0.2) is 6.36 Å². The van der Waals surface area contributed by atoms with Gasteiger partial charge < -0.3 is 10.5 Å². The highest BCUT2D eigenvalue weighted by Crippen LogP contribution is 2.42. The van der Waals surface area contributed by atoms with E-state index < -0.39 is 34.0 Å². The van der Waals surface area contributed by atoms with E-state index in [2.05, 4.69) is 20.7 Å². The molecule has 1 aromatic rings. The average Bonchev–Trinajstić information content (AvgIpc) is 2.08. The van der Waals surface area contributed by atoms with Crippen molar-refractivity contribution in [3.8, 4) is 5.75 Å². The second-order valence-corrected chi connectivity index (χ2v) is 3.68. The van der Waals surface area contributed by atoms with Crippen LogP contribution in [0, 0.1) is 0 Å². The first kappa shape index (κ1) is 13.9. The minimum Gasteiger partial charge on any atom is -0.404 e. The predicted molar refractivity (Wildman–Crippen MR) is 50.2 cm³/mol. The maximum Gasteiger partial charge on any atom is 0.573 e. The van der Waals surface area contributed by atoms with Crippen LogP contribution in [0.2, 0.25) is 0 Å². The van der Waals surface area contributed by atoms with E-state index in [0.29, 0.717) is 12.1 Å². The van der Waals surface area contributed by atoms with Gasteiger partial charge in [-0.2, -0.15) is 13.2 Å². The van der Waals surface area contributed by atoms with Crippen LogP contribution in [0.15, 0.2) is 16.6 Å². The predicted octanol–water partition coefficient (Wildman–Crippen LogP) is 3.95. The Labute approximate surface area is 99.5 Å². The van der Waals surface area contributed by atoms with Crippen molar-refractivity contribution in [3.63, 3.8) is 0 Å². The third-order valence-electron chi connectivity index (χ3n) is 1.67. The zero-order chi connectivity index (χ0) is 13.4. The van der Waals surface area contributed by atoms with E-state index in [0.717, 1.165) is 0 Å². The quantitative estimate of drug-likeness (QED) is 0.627. The lowest BCUT2D eigenvalue weighted by atomic mass is 10.2. The Morgan fingerprint density at radius 3 is 2.00 bits per heavy atom. The van der Waals surface area contributed by atoms with Gasteiger partial charge in [0.15, 0.2) is 5.75 Å². The molecule has 0 atom stereocenters. The number of hydrogen-bond acceptors (Lipinski definition) is 2. The summed E-state index contributed by atoms with van der Waals surface area (Å²) in [6, 6.07) is 0.956. The van der Waals surface area contributed by atoms with Gasteiger partial charge in [0.05, 0.1) is 15.7 Å². The third kappa shape index (κ3) is 3.42. The van der Waals surface area contributed by atoms with Gasteiger partial charge in [0, 0.05) is 0 Å². The number of ether oxygens (including phenoxy) is 1. The Kier molecular flexibility index (Phi) is 3.51. The zero-order valence-corrected chi connectivity index (χ0v) is 9.37. The fourth-order valence-corrected chi connectivity index (χ4v) is 1.56. The van der Waals surface area contributed by atoms with E-state index in [1.165, 1.54) is 0 Å². The van der Waals surface area contributed by atoms with Crippen molar-refractivity contribution in [2.24, 2.45) is 0 Å². The van der Waals surface area contributed by atoms with Crippen molar-refractivity contribution >= 4 is 21.6 Å². The van der Waals surface area contributed by atoms with Crippen LogP contribution in [-0.2, 0) is 6.18 Å². The summed E-state index contributed by atoms with van der Waals surface area (Å²) < 4.78 is 75.4. The van der Waals surface area contributed by atoms with Gasteiger partial charge in [0.1, 0.15) is 0 Å². The Bertz CT molecular complexity index is 427. The lowest BCUT2D eigenvalue weighted by molar-refractivity contribution is -0.274. The number of alkyl halides is 6. The first-order valence-electron chi connectivity index (χ1n) is 3.93. The summed E-state index contributed by atoms with van der Waals surface area (Å²) >= 11 is 2.48. The summed E-state index contributed by atoms with van der Waals surface area (Å²) in [5, 5.41) is 0. The molecule has 0 aromatic heterocycles. The number of rotatable bonds is 1. The standard InChI is InChI=1S/C8H4BrF6NO/c9-5-3(7(10,11)12)1-2-4(6(5)16)17-8(13,14)15/h1-2H,16H2. The SMILES string of the molecule is Nc1c(OC(F)(F)F)ccc(C(F)(F)F)c1Br. The molecule has 0 aliphatic carbocycles. The Balaban J connectivity index is 3.21. The minimum atomic E-state index is -5.02. The molecule has 0 unspecified atom stereocenters. The number of nitrogens with two attached hydrogens (primary N) is 1. The number of benzene rings is 1. The van der Waals surface area contributed by atoms with E-state index in [9.17, 15) is 26.3 Å². The maximum atomic E-state index is 12.3. The van der Waals surface area contributed by atoms with Gasteiger partial charge in [0.2, 0.25) is 0 Å². The summed E-state index contributed by atoms with van der Waals surface area (Å²) in [6.45, 7) is 0. The van der Waals surface area contributed by atoms with Crippen molar-refractivity contribution in [2.45, 2.75) is 12.5 Å². The summed E-state index contributed by atoms with van der Waals surface area (Å²) in [4.78, 5) is 0. The van der Waals surface area contributed by atoms with Gasteiger partial charge in [-0.15, -0.1) is 13.2 Å². The van der Waals surface area contributed by atoms with E-state index in [1.54, 1.807) is 0 Å². The van der Waals surface area contributed by atoms with Gasteiger partial charge in [0.25, 0.3) is 0 Å². The van der Waals surface area contributed by atoms with Crippen LogP contribution in [0.5, 0.6) is 5.75 Å². The molecule has 0 saturated carbocycles. The number of halogens is 7. The maximum absolute atomic E-state index is 12.3. The molecule has 2 nitrogen and oxygen atoms in total. The average molecular weight is 324 g/mol. The van der Waals surface area contributed by atoms with Crippen LogP contribution in [0.1, 0.15) is 5.56 Å². The number of anilines is 1. The van der Waals surface area contributed by atoms with Crippen molar-refractivity contribution in [1.82, 2.24) is 0 Å². The molecule has 96 valence electrons. The lowest BCUT2D eigenvalue weighted by Crippen LogP contribution is -2.18. The Morgan fingerprint density at radius 2 is 1.59 bits per heavy atom. The largest absolute Gasteiger partial charge is 0.573 e. The normalized spacial score (nSPS) is 12.6. The van der Waals surface area contributed by atoms with Crippen LogP contribution in [0.3, 0.4) is 0 Å². The third-order valence-corrected chi connectivity index (χ3v) is 2.53. The molecule has 0 aliphatic rings. The summed E-state index contributed by atoms with van der Waals surface area (Å²) in [7, 11) is 0. The van der Waals surface area contributed by atoms with Gasteiger partial charge in [-0.3, -0.25) is 0 Å². The number of hydrogen-bond donors (Lipinski definition) is 1. The van der Waals surface area contributed by atoms with Gasteiger partial charge in [-0.25, -0.2) is 0 Å². The molecule has 0 spiro atoms. The van der Waals surface area contributed by atoms with E-state index in [-0.39, 0.29) is 0 Å². The van der Waals surface area contributed by atoms with Crippen LogP contribution in [0.4, 0.5) is 32.0 Å². The molecule has 2 N–H and O–H groups in total. The van der Waals surface area contributed by atoms with Gasteiger partial charge in [-0.05, 0) is 28.1 Å². The number of nitrogen functional groups attached to an aromatic ring is 1. The summed E-state index contributed by atoms with van der Waals surface area (Å²) in [6.07, 6.45) is -9.74. The summed E-state index contributed by atoms with van der Waals surface area (Å²) in [5.41, 5.74) is 3.17. The Hall–Kier alpha value is -1.12. The monoisotopic (exact) mass is 323 g/mol. The molecule has 9 heteroatoms. The second-order valence-electron chi connectivity index (χ2n) is 2.88. The molecule has 0 amide bonds. The lowest BCUT2D eigenvalue weighted by Gasteiger charge is -2.15. The molecule has 0 saturated heterocycles. The van der Waals surface area contributed by atoms with Crippen molar-refractivity contribution < 1.29 is 31.1 Å². The Morgan fingerprint density at radius 1 is 1.06 bits per heavy atom. The zero-order valence-electron chi connectivity index (χ0n) is 7.79.